The van der Waals surface area contributed by atoms with Crippen LogP contribution in [0.4, 0.5) is 18.9 Å². The topological polar surface area (TPSA) is 51.8 Å². The summed E-state index contributed by atoms with van der Waals surface area (Å²) >= 11 is 0. The van der Waals surface area contributed by atoms with Gasteiger partial charge in [-0.05, 0) is 29.8 Å². The zero-order chi connectivity index (χ0) is 15.0. The molecule has 0 aliphatic carbocycles. The van der Waals surface area contributed by atoms with Gasteiger partial charge in [-0.2, -0.15) is 13.2 Å². The largest absolute Gasteiger partial charge is 0.416 e. The number of hydrogen-bond acceptors (Lipinski definition) is 3. The van der Waals surface area contributed by atoms with Gasteiger partial charge in [0.05, 0.1) is 11.3 Å². The minimum Gasteiger partial charge on any atom is -0.398 e. The third-order valence-electron chi connectivity index (χ3n) is 3.18. The highest BCUT2D eigenvalue weighted by Gasteiger charge is 2.30. The Bertz CT molecular complexity index is 813. The predicted molar refractivity (Wildman–Crippen MR) is 74.4 cm³/mol. The van der Waals surface area contributed by atoms with Crippen molar-refractivity contribution >= 4 is 16.7 Å². The van der Waals surface area contributed by atoms with Crippen molar-refractivity contribution in [2.24, 2.45) is 0 Å². The monoisotopic (exact) mass is 289 g/mol. The maximum absolute atomic E-state index is 12.8. The van der Waals surface area contributed by atoms with Gasteiger partial charge in [-0.15, -0.1) is 0 Å². The first-order valence-electron chi connectivity index (χ1n) is 6.13. The van der Waals surface area contributed by atoms with E-state index in [4.69, 9.17) is 5.73 Å². The fourth-order valence-corrected chi connectivity index (χ4v) is 2.14. The fourth-order valence-electron chi connectivity index (χ4n) is 2.14. The van der Waals surface area contributed by atoms with Gasteiger partial charge in [0.2, 0.25) is 0 Å². The smallest absolute Gasteiger partial charge is 0.398 e. The highest BCUT2D eigenvalue weighted by atomic mass is 19.4. The van der Waals surface area contributed by atoms with E-state index in [2.05, 4.69) is 9.97 Å². The Morgan fingerprint density at radius 1 is 1.00 bits per heavy atom. The summed E-state index contributed by atoms with van der Waals surface area (Å²) in [4.78, 5) is 8.20. The van der Waals surface area contributed by atoms with Crippen molar-refractivity contribution in [1.82, 2.24) is 9.97 Å². The summed E-state index contributed by atoms with van der Waals surface area (Å²) in [5.74, 6) is 0. The summed E-state index contributed by atoms with van der Waals surface area (Å²) < 4.78 is 38.3. The summed E-state index contributed by atoms with van der Waals surface area (Å²) in [7, 11) is 0. The quantitative estimate of drug-likeness (QED) is 0.739. The number of benzene rings is 1. The van der Waals surface area contributed by atoms with E-state index >= 15 is 0 Å². The molecule has 0 bridgehead atoms. The normalized spacial score (nSPS) is 11.8. The van der Waals surface area contributed by atoms with E-state index in [9.17, 15) is 13.2 Å². The molecule has 1 aromatic carbocycles. The average molecular weight is 289 g/mol. The average Bonchev–Trinajstić information content (AvgIpc) is 2.47. The van der Waals surface area contributed by atoms with Gasteiger partial charge in [-0.3, -0.25) is 0 Å². The first-order chi connectivity index (χ1) is 9.97. The SMILES string of the molecule is Nc1c(-c2cccc(C(F)(F)F)c2)cnc2ncccc12. The number of fused-ring (bicyclic) bond motifs is 1. The second-order valence-corrected chi connectivity index (χ2v) is 4.54. The van der Waals surface area contributed by atoms with Crippen LogP contribution in [0.5, 0.6) is 0 Å². The maximum atomic E-state index is 12.8. The molecular weight excluding hydrogens is 279 g/mol. The van der Waals surface area contributed by atoms with E-state index in [0.29, 0.717) is 27.8 Å². The van der Waals surface area contributed by atoms with E-state index in [1.165, 1.54) is 12.3 Å². The van der Waals surface area contributed by atoms with E-state index < -0.39 is 11.7 Å². The Hall–Kier alpha value is -2.63. The lowest BCUT2D eigenvalue weighted by atomic mass is 10.0. The highest BCUT2D eigenvalue weighted by Crippen LogP contribution is 2.35. The van der Waals surface area contributed by atoms with Crippen LogP contribution in [-0.2, 0) is 6.18 Å². The number of nitrogens with two attached hydrogens (primary N) is 1. The molecule has 0 saturated heterocycles. The molecule has 0 saturated carbocycles. The number of pyridine rings is 2. The Balaban J connectivity index is 2.19. The Morgan fingerprint density at radius 2 is 1.81 bits per heavy atom. The number of nitrogen functional groups attached to an aromatic ring is 1. The molecular formula is C15H10F3N3. The molecule has 3 nitrogen and oxygen atoms in total. The van der Waals surface area contributed by atoms with Crippen LogP contribution < -0.4 is 5.73 Å². The molecule has 3 rings (SSSR count). The van der Waals surface area contributed by atoms with Crippen molar-refractivity contribution in [1.29, 1.82) is 0 Å². The van der Waals surface area contributed by atoms with Crippen LogP contribution in [-0.4, -0.2) is 9.97 Å². The number of halogens is 3. The van der Waals surface area contributed by atoms with Crippen molar-refractivity contribution in [3.8, 4) is 11.1 Å². The van der Waals surface area contributed by atoms with Gasteiger partial charge in [0.1, 0.15) is 0 Å². The van der Waals surface area contributed by atoms with Crippen LogP contribution in [0.3, 0.4) is 0 Å². The molecule has 106 valence electrons. The summed E-state index contributed by atoms with van der Waals surface area (Å²) in [5, 5.41) is 0.618. The number of nitrogens with zero attached hydrogens (tertiary/aromatic N) is 2. The van der Waals surface area contributed by atoms with Crippen LogP contribution in [0.2, 0.25) is 0 Å². The molecule has 0 atom stereocenters. The molecule has 0 spiro atoms. The molecule has 0 aliphatic heterocycles. The van der Waals surface area contributed by atoms with Crippen molar-refractivity contribution in [3.05, 3.63) is 54.4 Å². The van der Waals surface area contributed by atoms with Crippen molar-refractivity contribution < 1.29 is 13.2 Å². The van der Waals surface area contributed by atoms with Crippen molar-refractivity contribution in [2.75, 3.05) is 5.73 Å². The first-order valence-corrected chi connectivity index (χ1v) is 6.13. The van der Waals surface area contributed by atoms with Gasteiger partial charge in [0.15, 0.2) is 5.65 Å². The van der Waals surface area contributed by atoms with Crippen molar-refractivity contribution in [2.45, 2.75) is 6.18 Å². The molecule has 6 heteroatoms. The second kappa shape index (κ2) is 4.73. The summed E-state index contributed by atoms with van der Waals surface area (Å²) in [6, 6.07) is 8.46. The summed E-state index contributed by atoms with van der Waals surface area (Å²) in [6.07, 6.45) is -1.37. The number of hydrogen-bond donors (Lipinski definition) is 1. The molecule has 0 aliphatic rings. The van der Waals surface area contributed by atoms with Crippen LogP contribution in [0, 0.1) is 0 Å². The van der Waals surface area contributed by atoms with Crippen molar-refractivity contribution in [3.63, 3.8) is 0 Å². The minimum absolute atomic E-state index is 0.368. The molecule has 2 heterocycles. The van der Waals surface area contributed by atoms with E-state index in [1.54, 1.807) is 24.4 Å². The van der Waals surface area contributed by atoms with Gasteiger partial charge in [-0.1, -0.05) is 12.1 Å². The lowest BCUT2D eigenvalue weighted by Gasteiger charge is -2.11. The van der Waals surface area contributed by atoms with Crippen LogP contribution in [0.1, 0.15) is 5.56 Å². The first kappa shape index (κ1) is 13.4. The van der Waals surface area contributed by atoms with Gasteiger partial charge in [0.25, 0.3) is 0 Å². The molecule has 2 N–H and O–H groups in total. The number of alkyl halides is 3. The molecule has 2 aromatic heterocycles. The molecule has 3 aromatic rings. The van der Waals surface area contributed by atoms with Gasteiger partial charge in [-0.25, -0.2) is 9.97 Å². The van der Waals surface area contributed by atoms with Crippen LogP contribution >= 0.6 is 0 Å². The molecule has 0 amide bonds. The number of anilines is 1. The molecule has 21 heavy (non-hydrogen) atoms. The lowest BCUT2D eigenvalue weighted by Crippen LogP contribution is -2.05. The second-order valence-electron chi connectivity index (χ2n) is 4.54. The standard InChI is InChI=1S/C15H10F3N3/c16-15(17,18)10-4-1-3-9(7-10)12-8-21-14-11(13(12)19)5-2-6-20-14/h1-8H,(H2,19,20,21). The molecule has 0 unspecified atom stereocenters. The van der Waals surface area contributed by atoms with E-state index in [1.807, 2.05) is 0 Å². The number of aromatic nitrogens is 2. The predicted octanol–water partition coefficient (Wildman–Crippen LogP) is 3.90. The van der Waals surface area contributed by atoms with Gasteiger partial charge < -0.3 is 5.73 Å². The van der Waals surface area contributed by atoms with Gasteiger partial charge in [0, 0.05) is 23.3 Å². The Kier molecular flexibility index (Phi) is 3.01. The highest BCUT2D eigenvalue weighted by molar-refractivity contribution is 5.96. The number of rotatable bonds is 1. The van der Waals surface area contributed by atoms with E-state index in [0.717, 1.165) is 12.1 Å². The fraction of sp³-hybridized carbons (Fsp3) is 0.0667. The zero-order valence-electron chi connectivity index (χ0n) is 10.7. The third-order valence-corrected chi connectivity index (χ3v) is 3.18. The zero-order valence-corrected chi connectivity index (χ0v) is 10.7. The molecule has 0 radical (unpaired) electrons. The maximum Gasteiger partial charge on any atom is 0.416 e. The summed E-state index contributed by atoms with van der Waals surface area (Å²) in [6.45, 7) is 0. The van der Waals surface area contributed by atoms with E-state index in [-0.39, 0.29) is 0 Å². The molecule has 0 fully saturated rings. The Morgan fingerprint density at radius 3 is 2.57 bits per heavy atom. The van der Waals surface area contributed by atoms with Crippen LogP contribution in [0.15, 0.2) is 48.8 Å². The summed E-state index contributed by atoms with van der Waals surface area (Å²) in [5.41, 5.74) is 7.00. The van der Waals surface area contributed by atoms with Gasteiger partial charge >= 0.3 is 6.18 Å². The Labute approximate surface area is 118 Å². The minimum atomic E-state index is -4.39. The third kappa shape index (κ3) is 2.40. The van der Waals surface area contributed by atoms with Crippen LogP contribution in [0.25, 0.3) is 22.2 Å². The lowest BCUT2D eigenvalue weighted by molar-refractivity contribution is -0.137.